The van der Waals surface area contributed by atoms with Gasteiger partial charge in [0.05, 0.1) is 19.1 Å². The van der Waals surface area contributed by atoms with Crippen molar-refractivity contribution >= 4 is 17.6 Å². The summed E-state index contributed by atoms with van der Waals surface area (Å²) in [6.45, 7) is 1.85. The van der Waals surface area contributed by atoms with Gasteiger partial charge in [0, 0.05) is 29.7 Å². The highest BCUT2D eigenvalue weighted by Gasteiger charge is 2.15. The summed E-state index contributed by atoms with van der Waals surface area (Å²) in [5.41, 5.74) is 3.51. The van der Waals surface area contributed by atoms with Gasteiger partial charge in [-0.2, -0.15) is 0 Å². The highest BCUT2D eigenvalue weighted by molar-refractivity contribution is 5.77. The Balaban J connectivity index is 1.84. The fourth-order valence-electron chi connectivity index (χ4n) is 3.22. The van der Waals surface area contributed by atoms with Crippen LogP contribution in [0.2, 0.25) is 0 Å². The molecule has 0 aliphatic carbocycles. The van der Waals surface area contributed by atoms with Gasteiger partial charge in [-0.15, -0.1) is 0 Å². The van der Waals surface area contributed by atoms with E-state index < -0.39 is 5.83 Å². The number of ether oxygens (including phenoxy) is 2. The van der Waals surface area contributed by atoms with Crippen molar-refractivity contribution in [2.75, 3.05) is 14.2 Å². The first-order valence-corrected chi connectivity index (χ1v) is 9.33. The van der Waals surface area contributed by atoms with E-state index in [1.807, 2.05) is 13.0 Å². The van der Waals surface area contributed by atoms with Crippen molar-refractivity contribution in [3.05, 3.63) is 98.6 Å². The average Bonchev–Trinajstić information content (AvgIpc) is 2.75. The summed E-state index contributed by atoms with van der Waals surface area (Å²) in [5.74, 6) is 0.742. The van der Waals surface area contributed by atoms with E-state index in [1.54, 1.807) is 48.5 Å². The number of nitro groups is 1. The standard InChI is InChI=1S/C24H22FNO4/c1-16-5-4-6-24(26(27)28)22(16)13-17-7-9-19(10-8-17)23(25)14-18-11-20(29-2)15-21(12-18)30-3/h4-12,14-15H,13H2,1-3H3/b23-14-. The topological polar surface area (TPSA) is 61.6 Å². The summed E-state index contributed by atoms with van der Waals surface area (Å²) in [6.07, 6.45) is 1.81. The van der Waals surface area contributed by atoms with Gasteiger partial charge >= 0.3 is 0 Å². The van der Waals surface area contributed by atoms with Gasteiger partial charge in [0.15, 0.2) is 0 Å². The summed E-state index contributed by atoms with van der Waals surface area (Å²) in [5, 5.41) is 11.3. The molecule has 0 fully saturated rings. The van der Waals surface area contributed by atoms with Crippen LogP contribution in [0.25, 0.3) is 11.9 Å². The minimum atomic E-state index is -0.404. The van der Waals surface area contributed by atoms with Crippen molar-refractivity contribution in [2.24, 2.45) is 0 Å². The monoisotopic (exact) mass is 407 g/mol. The van der Waals surface area contributed by atoms with E-state index in [2.05, 4.69) is 0 Å². The van der Waals surface area contributed by atoms with Crippen LogP contribution < -0.4 is 9.47 Å². The molecule has 5 nitrogen and oxygen atoms in total. The Morgan fingerprint density at radius 3 is 2.23 bits per heavy atom. The molecule has 0 unspecified atom stereocenters. The van der Waals surface area contributed by atoms with Crippen LogP contribution in [0.15, 0.2) is 60.7 Å². The molecule has 0 saturated carbocycles. The Hall–Kier alpha value is -3.67. The molecule has 3 aromatic carbocycles. The van der Waals surface area contributed by atoms with Gasteiger partial charge in [0.25, 0.3) is 5.69 Å². The lowest BCUT2D eigenvalue weighted by Gasteiger charge is -2.08. The highest BCUT2D eigenvalue weighted by atomic mass is 19.1. The molecule has 0 atom stereocenters. The summed E-state index contributed by atoms with van der Waals surface area (Å²) in [6, 6.07) is 17.1. The fourth-order valence-corrected chi connectivity index (χ4v) is 3.22. The zero-order chi connectivity index (χ0) is 21.7. The molecule has 0 N–H and O–H groups in total. The van der Waals surface area contributed by atoms with Crippen LogP contribution >= 0.6 is 0 Å². The smallest absolute Gasteiger partial charge is 0.273 e. The molecule has 3 rings (SSSR count). The summed E-state index contributed by atoms with van der Waals surface area (Å²) < 4.78 is 25.2. The largest absolute Gasteiger partial charge is 0.497 e. The van der Waals surface area contributed by atoms with Gasteiger partial charge in [-0.1, -0.05) is 36.4 Å². The second kappa shape index (κ2) is 9.22. The van der Waals surface area contributed by atoms with Crippen LogP contribution in [-0.4, -0.2) is 19.1 Å². The Kier molecular flexibility index (Phi) is 6.47. The summed E-state index contributed by atoms with van der Waals surface area (Å²) in [7, 11) is 3.08. The number of hydrogen-bond donors (Lipinski definition) is 0. The third kappa shape index (κ3) is 4.84. The molecule has 154 valence electrons. The summed E-state index contributed by atoms with van der Waals surface area (Å²) >= 11 is 0. The van der Waals surface area contributed by atoms with Gasteiger partial charge in [-0.05, 0) is 41.8 Å². The SMILES string of the molecule is COc1cc(/C=C(\F)c2ccc(Cc3c(C)cccc3[N+](=O)[O-])cc2)cc(OC)c1. The fraction of sp³-hybridized carbons (Fsp3) is 0.167. The number of nitro benzene ring substituents is 1. The molecule has 0 amide bonds. The van der Waals surface area contributed by atoms with E-state index in [0.29, 0.717) is 34.6 Å². The van der Waals surface area contributed by atoms with Crippen molar-refractivity contribution in [3.63, 3.8) is 0 Å². The van der Waals surface area contributed by atoms with Gasteiger partial charge < -0.3 is 9.47 Å². The Labute approximate surface area is 174 Å². The third-order valence-corrected chi connectivity index (χ3v) is 4.86. The maximum atomic E-state index is 14.8. The molecule has 0 bridgehead atoms. The first-order valence-electron chi connectivity index (χ1n) is 9.33. The van der Waals surface area contributed by atoms with Gasteiger partial charge in [0.2, 0.25) is 0 Å². The molecular weight excluding hydrogens is 385 g/mol. The Bertz CT molecular complexity index is 1070. The maximum absolute atomic E-state index is 14.8. The molecular formula is C24H22FNO4. The quantitative estimate of drug-likeness (QED) is 0.275. The number of hydrogen-bond acceptors (Lipinski definition) is 4. The third-order valence-electron chi connectivity index (χ3n) is 4.86. The van der Waals surface area contributed by atoms with Crippen molar-refractivity contribution in [1.82, 2.24) is 0 Å². The first-order chi connectivity index (χ1) is 14.4. The molecule has 0 radical (unpaired) electrons. The number of methoxy groups -OCH3 is 2. The molecule has 0 aliphatic heterocycles. The first kappa shape index (κ1) is 21.0. The number of nitrogens with zero attached hydrogens (tertiary/aromatic N) is 1. The molecule has 0 saturated heterocycles. The van der Waals surface area contributed by atoms with Crippen LogP contribution in [-0.2, 0) is 6.42 Å². The Morgan fingerprint density at radius 1 is 1.03 bits per heavy atom. The predicted octanol–water partition coefficient (Wildman–Crippen LogP) is 5.98. The summed E-state index contributed by atoms with van der Waals surface area (Å²) in [4.78, 5) is 10.9. The molecule has 3 aromatic rings. The minimum absolute atomic E-state index is 0.0946. The van der Waals surface area contributed by atoms with Crippen molar-refractivity contribution in [2.45, 2.75) is 13.3 Å². The van der Waals surface area contributed by atoms with Crippen LogP contribution in [0, 0.1) is 17.0 Å². The van der Waals surface area contributed by atoms with Gasteiger partial charge in [-0.3, -0.25) is 10.1 Å². The van der Waals surface area contributed by atoms with Crippen LogP contribution in [0.5, 0.6) is 11.5 Å². The zero-order valence-electron chi connectivity index (χ0n) is 17.0. The highest BCUT2D eigenvalue weighted by Crippen LogP contribution is 2.28. The van der Waals surface area contributed by atoms with Crippen LogP contribution in [0.4, 0.5) is 10.1 Å². The van der Waals surface area contributed by atoms with Gasteiger partial charge in [0.1, 0.15) is 17.3 Å². The zero-order valence-corrected chi connectivity index (χ0v) is 17.0. The van der Waals surface area contributed by atoms with E-state index in [4.69, 9.17) is 9.47 Å². The van der Waals surface area contributed by atoms with E-state index in [9.17, 15) is 14.5 Å². The van der Waals surface area contributed by atoms with Crippen LogP contribution in [0.3, 0.4) is 0 Å². The van der Waals surface area contributed by atoms with Gasteiger partial charge in [-0.25, -0.2) is 4.39 Å². The van der Waals surface area contributed by atoms with E-state index in [-0.39, 0.29) is 10.6 Å². The van der Waals surface area contributed by atoms with E-state index >= 15 is 0 Å². The lowest BCUT2D eigenvalue weighted by Crippen LogP contribution is -1.99. The molecule has 6 heteroatoms. The number of halogens is 1. The van der Waals surface area contributed by atoms with E-state index in [0.717, 1.165) is 11.1 Å². The molecule has 0 spiro atoms. The number of aryl methyl sites for hydroxylation is 1. The predicted molar refractivity (Wildman–Crippen MR) is 116 cm³/mol. The minimum Gasteiger partial charge on any atom is -0.497 e. The molecule has 30 heavy (non-hydrogen) atoms. The average molecular weight is 407 g/mol. The van der Waals surface area contributed by atoms with Crippen molar-refractivity contribution in [1.29, 1.82) is 0 Å². The second-order valence-electron chi connectivity index (χ2n) is 6.84. The second-order valence-corrected chi connectivity index (χ2v) is 6.84. The van der Waals surface area contributed by atoms with Crippen molar-refractivity contribution < 1.29 is 18.8 Å². The molecule has 0 heterocycles. The van der Waals surface area contributed by atoms with Crippen LogP contribution in [0.1, 0.15) is 27.8 Å². The molecule has 0 aromatic heterocycles. The normalized spacial score (nSPS) is 11.3. The lowest BCUT2D eigenvalue weighted by atomic mass is 9.98. The number of rotatable bonds is 7. The Morgan fingerprint density at radius 2 is 1.67 bits per heavy atom. The molecule has 0 aliphatic rings. The number of benzene rings is 3. The van der Waals surface area contributed by atoms with Crippen molar-refractivity contribution in [3.8, 4) is 11.5 Å². The van der Waals surface area contributed by atoms with E-state index in [1.165, 1.54) is 26.4 Å². The lowest BCUT2D eigenvalue weighted by molar-refractivity contribution is -0.385. The maximum Gasteiger partial charge on any atom is 0.273 e.